The predicted molar refractivity (Wildman–Crippen MR) is 139 cm³/mol. The van der Waals surface area contributed by atoms with Gasteiger partial charge >= 0.3 is 0 Å². The molecule has 0 aliphatic heterocycles. The van der Waals surface area contributed by atoms with Crippen LogP contribution in [0.4, 0.5) is 0 Å². The number of nitrogens with zero attached hydrogens (tertiary/aromatic N) is 3. The molecule has 1 fully saturated rings. The van der Waals surface area contributed by atoms with Crippen LogP contribution in [0.15, 0.2) is 34.7 Å². The number of rotatable bonds is 11. The summed E-state index contributed by atoms with van der Waals surface area (Å²) in [6.45, 7) is 5.12. The first-order chi connectivity index (χ1) is 17.1. The van der Waals surface area contributed by atoms with E-state index >= 15 is 0 Å². The molecule has 36 heavy (non-hydrogen) atoms. The second-order valence-electron chi connectivity index (χ2n) is 10.2. The number of hydrogen-bond donors (Lipinski definition) is 2. The molecule has 10 heteroatoms. The number of carbonyl (C=O) groups is 3. The van der Waals surface area contributed by atoms with E-state index in [4.69, 9.17) is 16.6 Å². The highest BCUT2D eigenvalue weighted by Crippen LogP contribution is 2.29. The highest BCUT2D eigenvalue weighted by molar-refractivity contribution is 7.71. The molecule has 1 aliphatic rings. The molecule has 1 aliphatic carbocycles. The van der Waals surface area contributed by atoms with Crippen LogP contribution in [0.1, 0.15) is 73.4 Å². The maximum atomic E-state index is 13.7. The Hall–Kier alpha value is -2.85. The molecule has 2 N–H and O–H groups in total. The van der Waals surface area contributed by atoms with Crippen molar-refractivity contribution in [2.75, 3.05) is 20.6 Å². The van der Waals surface area contributed by atoms with Gasteiger partial charge in [-0.3, -0.25) is 14.4 Å². The Morgan fingerprint density at radius 1 is 1.14 bits per heavy atom. The SMILES string of the molecule is CC(C)CC(NC(=O)C1(NC(=O)c2ccccc2)CCCCC1)C(=O)c1nn(CCN(C)C)c(=S)o1. The third-order valence-electron chi connectivity index (χ3n) is 6.44. The first kappa shape index (κ1) is 27.7. The van der Waals surface area contributed by atoms with Crippen LogP contribution >= 0.6 is 12.2 Å². The lowest BCUT2D eigenvalue weighted by atomic mass is 9.80. The molecule has 1 unspecified atom stereocenters. The number of hydrogen-bond acceptors (Lipinski definition) is 7. The van der Waals surface area contributed by atoms with Crippen molar-refractivity contribution >= 4 is 29.8 Å². The molecule has 2 aromatic rings. The van der Waals surface area contributed by atoms with Crippen molar-refractivity contribution in [1.29, 1.82) is 0 Å². The molecular weight excluding hydrogens is 478 g/mol. The van der Waals surface area contributed by atoms with Gasteiger partial charge in [-0.2, -0.15) is 0 Å². The van der Waals surface area contributed by atoms with E-state index in [1.807, 2.05) is 38.9 Å². The smallest absolute Gasteiger partial charge is 0.287 e. The van der Waals surface area contributed by atoms with Gasteiger partial charge in [0.1, 0.15) is 5.54 Å². The molecule has 0 radical (unpaired) electrons. The maximum Gasteiger partial charge on any atom is 0.287 e. The van der Waals surface area contributed by atoms with E-state index in [0.29, 0.717) is 37.9 Å². The summed E-state index contributed by atoms with van der Waals surface area (Å²) in [6, 6.07) is 8.00. The normalized spacial score (nSPS) is 16.1. The van der Waals surface area contributed by atoms with E-state index in [2.05, 4.69) is 15.7 Å². The van der Waals surface area contributed by atoms with Crippen LogP contribution in [-0.2, 0) is 11.3 Å². The first-order valence-electron chi connectivity index (χ1n) is 12.6. The number of likely N-dealkylation sites (N-methyl/N-ethyl adjacent to an activating group) is 1. The third-order valence-corrected chi connectivity index (χ3v) is 6.73. The van der Waals surface area contributed by atoms with Crippen molar-refractivity contribution in [3.05, 3.63) is 46.6 Å². The Balaban J connectivity index is 1.82. The largest absolute Gasteiger partial charge is 0.406 e. The fraction of sp³-hybridized carbons (Fsp3) is 0.577. The quantitative estimate of drug-likeness (QED) is 0.347. The number of ketones is 1. The lowest BCUT2D eigenvalue weighted by Crippen LogP contribution is -2.62. The molecule has 2 amide bonds. The number of nitrogens with one attached hydrogen (secondary N) is 2. The van der Waals surface area contributed by atoms with Gasteiger partial charge in [-0.1, -0.05) is 51.3 Å². The predicted octanol–water partition coefficient (Wildman–Crippen LogP) is 3.61. The number of amides is 2. The standard InChI is InChI=1S/C26H37N5O4S/c1-18(2)17-20(21(32)23-29-31(25(36)35-23)16-15-30(3)4)27-24(34)26(13-9-6-10-14-26)28-22(33)19-11-7-5-8-12-19/h5,7-8,11-12,18,20H,6,9-10,13-17H2,1-4H3,(H,27,34)(H,28,33). The van der Waals surface area contributed by atoms with Crippen LogP contribution in [0.3, 0.4) is 0 Å². The Morgan fingerprint density at radius 3 is 2.42 bits per heavy atom. The van der Waals surface area contributed by atoms with Crippen LogP contribution in [0.5, 0.6) is 0 Å². The van der Waals surface area contributed by atoms with Gasteiger partial charge in [0, 0.05) is 12.1 Å². The van der Waals surface area contributed by atoms with Gasteiger partial charge in [0.05, 0.1) is 12.6 Å². The van der Waals surface area contributed by atoms with Gasteiger partial charge in [0.25, 0.3) is 16.6 Å². The number of Topliss-reactive ketones (excluding diaryl/α,β-unsaturated/α-hetero) is 1. The summed E-state index contributed by atoms with van der Waals surface area (Å²) in [5.74, 6) is -1.07. The zero-order valence-electron chi connectivity index (χ0n) is 21.6. The van der Waals surface area contributed by atoms with Gasteiger partial charge in [-0.15, -0.1) is 5.10 Å². The van der Waals surface area contributed by atoms with Crippen LogP contribution in [0.2, 0.25) is 0 Å². The van der Waals surface area contributed by atoms with Crippen LogP contribution in [-0.4, -0.2) is 64.5 Å². The Kier molecular flexibility index (Phi) is 9.56. The first-order valence-corrected chi connectivity index (χ1v) is 13.0. The van der Waals surface area contributed by atoms with Crippen LogP contribution in [0, 0.1) is 10.8 Å². The fourth-order valence-corrected chi connectivity index (χ4v) is 4.64. The molecule has 9 nitrogen and oxygen atoms in total. The second kappa shape index (κ2) is 12.4. The van der Waals surface area contributed by atoms with Crippen LogP contribution < -0.4 is 10.6 Å². The Bertz CT molecular complexity index is 1100. The number of aromatic nitrogens is 2. The van der Waals surface area contributed by atoms with E-state index in [1.54, 1.807) is 24.3 Å². The van der Waals surface area contributed by atoms with Crippen molar-refractivity contribution in [3.8, 4) is 0 Å². The lowest BCUT2D eigenvalue weighted by molar-refractivity contribution is -0.129. The Labute approximate surface area is 217 Å². The van der Waals surface area contributed by atoms with Crippen LogP contribution in [0.25, 0.3) is 0 Å². The van der Waals surface area contributed by atoms with Crippen molar-refractivity contribution < 1.29 is 18.8 Å². The summed E-state index contributed by atoms with van der Waals surface area (Å²) in [5.41, 5.74) is -0.586. The average molecular weight is 516 g/mol. The summed E-state index contributed by atoms with van der Waals surface area (Å²) >= 11 is 5.25. The molecule has 1 aromatic carbocycles. The van der Waals surface area contributed by atoms with E-state index in [0.717, 1.165) is 19.3 Å². The van der Waals surface area contributed by atoms with E-state index in [-0.39, 0.29) is 28.5 Å². The molecule has 1 saturated carbocycles. The van der Waals surface area contributed by atoms with Gasteiger partial charge in [-0.05, 0) is 63.6 Å². The van der Waals surface area contributed by atoms with E-state index in [1.165, 1.54) is 4.68 Å². The monoisotopic (exact) mass is 515 g/mol. The van der Waals surface area contributed by atoms with E-state index in [9.17, 15) is 14.4 Å². The topological polar surface area (TPSA) is 109 Å². The molecule has 3 rings (SSSR count). The average Bonchev–Trinajstić information content (AvgIpc) is 3.23. The summed E-state index contributed by atoms with van der Waals surface area (Å²) < 4.78 is 7.01. The van der Waals surface area contributed by atoms with Crippen molar-refractivity contribution in [1.82, 2.24) is 25.3 Å². The molecule has 1 atom stereocenters. The molecule has 0 bridgehead atoms. The fourth-order valence-electron chi connectivity index (χ4n) is 4.43. The summed E-state index contributed by atoms with van der Waals surface area (Å²) in [4.78, 5) is 42.2. The number of benzene rings is 1. The molecule has 0 saturated heterocycles. The molecule has 0 spiro atoms. The summed E-state index contributed by atoms with van der Waals surface area (Å²) in [5, 5.41) is 10.2. The number of carbonyl (C=O) groups excluding carboxylic acids is 3. The summed E-state index contributed by atoms with van der Waals surface area (Å²) in [6.07, 6.45) is 4.06. The van der Waals surface area contributed by atoms with Gasteiger partial charge < -0.3 is 20.0 Å². The van der Waals surface area contributed by atoms with Crippen molar-refractivity contribution in [2.24, 2.45) is 5.92 Å². The maximum absolute atomic E-state index is 13.7. The zero-order chi connectivity index (χ0) is 26.3. The minimum atomic E-state index is -1.08. The van der Waals surface area contributed by atoms with Gasteiger partial charge in [-0.25, -0.2) is 4.68 Å². The van der Waals surface area contributed by atoms with Crippen molar-refractivity contribution in [2.45, 2.75) is 70.5 Å². The van der Waals surface area contributed by atoms with E-state index < -0.39 is 17.4 Å². The van der Waals surface area contributed by atoms with Gasteiger partial charge in [0.15, 0.2) is 0 Å². The lowest BCUT2D eigenvalue weighted by Gasteiger charge is -2.37. The van der Waals surface area contributed by atoms with Gasteiger partial charge in [0.2, 0.25) is 11.7 Å². The highest BCUT2D eigenvalue weighted by atomic mass is 32.1. The molecule has 196 valence electrons. The highest BCUT2D eigenvalue weighted by Gasteiger charge is 2.43. The summed E-state index contributed by atoms with van der Waals surface area (Å²) in [7, 11) is 3.86. The Morgan fingerprint density at radius 2 is 1.81 bits per heavy atom. The molecular formula is C26H37N5O4S. The second-order valence-corrected chi connectivity index (χ2v) is 10.5. The minimum absolute atomic E-state index is 0.115. The van der Waals surface area contributed by atoms with Crippen molar-refractivity contribution in [3.63, 3.8) is 0 Å². The molecule has 1 aromatic heterocycles. The minimum Gasteiger partial charge on any atom is -0.406 e. The molecule has 1 heterocycles. The third kappa shape index (κ3) is 7.10. The zero-order valence-corrected chi connectivity index (χ0v) is 22.4.